The molecule has 4 atom stereocenters. The largest absolute Gasteiger partial charge is 0.480 e. The number of carboxylic acids is 1. The van der Waals surface area contributed by atoms with Gasteiger partial charge in [-0.15, -0.1) is 0 Å². The van der Waals surface area contributed by atoms with Gasteiger partial charge in [-0.25, -0.2) is 20.0 Å². The number of nitrogens with two attached hydrogens (primary N) is 1. The zero-order valence-electron chi connectivity index (χ0n) is 15.1. The summed E-state index contributed by atoms with van der Waals surface area (Å²) in [5, 5.41) is 12.0. The molecule has 0 aliphatic carbocycles. The molecule has 1 saturated heterocycles. The van der Waals surface area contributed by atoms with Crippen molar-refractivity contribution in [3.63, 3.8) is 0 Å². The molecule has 0 aromatic carbocycles. The summed E-state index contributed by atoms with van der Waals surface area (Å²) in [5.41, 5.74) is 6.84. The van der Waals surface area contributed by atoms with Crippen LogP contribution in [0.3, 0.4) is 0 Å². The third kappa shape index (κ3) is 4.27. The maximum Gasteiger partial charge on any atom is 0.321 e. The van der Waals surface area contributed by atoms with Gasteiger partial charge >= 0.3 is 5.97 Å². The number of hydrogen-bond donors (Lipinski definition) is 3. The summed E-state index contributed by atoms with van der Waals surface area (Å²) in [6.45, 7) is 4.08. The van der Waals surface area contributed by atoms with Crippen LogP contribution >= 0.6 is 7.52 Å². The van der Waals surface area contributed by atoms with Crippen LogP contribution in [0.25, 0.3) is 11.2 Å². The van der Waals surface area contributed by atoms with E-state index in [1.165, 1.54) is 6.33 Å². The van der Waals surface area contributed by atoms with Gasteiger partial charge in [0.25, 0.3) is 7.52 Å². The SMILES string of the molecule is CCC(C)C(NP1(=O)CO[C@@H](Cn2cnc3c(N)ncnc32)CO1)C(=O)O. The smallest absolute Gasteiger partial charge is 0.321 e. The second-order valence-electron chi connectivity index (χ2n) is 6.55. The average molecular weight is 398 g/mol. The number of nitrogens with one attached hydrogen (secondary N) is 1. The summed E-state index contributed by atoms with van der Waals surface area (Å²) >= 11 is 0. The highest BCUT2D eigenvalue weighted by atomic mass is 31.2. The van der Waals surface area contributed by atoms with Gasteiger partial charge in [0, 0.05) is 0 Å². The summed E-state index contributed by atoms with van der Waals surface area (Å²) in [6.07, 6.45) is 2.98. The summed E-state index contributed by atoms with van der Waals surface area (Å²) < 4.78 is 25.7. The molecular weight excluding hydrogens is 375 g/mol. The number of nitrogen functional groups attached to an aromatic ring is 1. The van der Waals surface area contributed by atoms with Gasteiger partial charge in [-0.1, -0.05) is 20.3 Å². The number of aliphatic carboxylic acids is 1. The molecule has 4 N–H and O–H groups in total. The summed E-state index contributed by atoms with van der Waals surface area (Å²) in [7, 11) is -3.40. The van der Waals surface area contributed by atoms with Gasteiger partial charge < -0.3 is 24.7 Å². The van der Waals surface area contributed by atoms with Crippen molar-refractivity contribution in [2.24, 2.45) is 5.92 Å². The topological polar surface area (TPSA) is 154 Å². The minimum atomic E-state index is -3.40. The molecule has 27 heavy (non-hydrogen) atoms. The van der Waals surface area contributed by atoms with E-state index in [0.29, 0.717) is 24.1 Å². The fourth-order valence-corrected chi connectivity index (χ4v) is 4.62. The molecule has 2 aromatic heterocycles. The zero-order chi connectivity index (χ0) is 19.6. The molecule has 3 rings (SSSR count). The Balaban J connectivity index is 1.63. The Morgan fingerprint density at radius 2 is 2.30 bits per heavy atom. The minimum absolute atomic E-state index is 0.0529. The zero-order valence-corrected chi connectivity index (χ0v) is 16.0. The van der Waals surface area contributed by atoms with Crippen LogP contribution in [-0.2, 0) is 25.2 Å². The molecule has 11 nitrogen and oxygen atoms in total. The van der Waals surface area contributed by atoms with Crippen molar-refractivity contribution >= 4 is 30.5 Å². The first-order valence-corrected chi connectivity index (χ1v) is 10.4. The van der Waals surface area contributed by atoms with E-state index in [4.69, 9.17) is 15.0 Å². The number of imidazole rings is 1. The maximum atomic E-state index is 12.8. The molecule has 148 valence electrons. The van der Waals surface area contributed by atoms with Crippen LogP contribution in [0.15, 0.2) is 12.7 Å². The monoisotopic (exact) mass is 398 g/mol. The first-order chi connectivity index (χ1) is 12.8. The molecule has 0 radical (unpaired) electrons. The lowest BCUT2D eigenvalue weighted by Gasteiger charge is -2.32. The lowest BCUT2D eigenvalue weighted by molar-refractivity contribution is -0.140. The number of hydrogen-bond acceptors (Lipinski definition) is 8. The van der Waals surface area contributed by atoms with Gasteiger partial charge in [0.2, 0.25) is 0 Å². The Hall–Kier alpha value is -2.07. The normalized spacial score (nSPS) is 25.3. The van der Waals surface area contributed by atoms with E-state index in [9.17, 15) is 14.5 Å². The van der Waals surface area contributed by atoms with Crippen LogP contribution in [0, 0.1) is 5.92 Å². The molecule has 3 heterocycles. The molecule has 1 aliphatic rings. The van der Waals surface area contributed by atoms with Crippen molar-refractivity contribution in [1.29, 1.82) is 0 Å². The van der Waals surface area contributed by atoms with E-state index >= 15 is 0 Å². The van der Waals surface area contributed by atoms with E-state index in [1.807, 2.05) is 6.92 Å². The minimum Gasteiger partial charge on any atom is -0.480 e. The van der Waals surface area contributed by atoms with Crippen molar-refractivity contribution in [2.75, 3.05) is 18.7 Å². The Morgan fingerprint density at radius 3 is 2.93 bits per heavy atom. The fourth-order valence-electron chi connectivity index (χ4n) is 2.80. The lowest BCUT2D eigenvalue weighted by atomic mass is 10.0. The highest BCUT2D eigenvalue weighted by Crippen LogP contribution is 2.47. The van der Waals surface area contributed by atoms with Crippen LogP contribution < -0.4 is 10.8 Å². The van der Waals surface area contributed by atoms with Crippen LogP contribution in [0.2, 0.25) is 0 Å². The molecule has 0 spiro atoms. The number of carboxylic acid groups (broad SMARTS) is 1. The van der Waals surface area contributed by atoms with E-state index in [0.717, 1.165) is 0 Å². The number of anilines is 1. The molecule has 1 fully saturated rings. The molecule has 3 unspecified atom stereocenters. The first-order valence-electron chi connectivity index (χ1n) is 8.60. The fraction of sp³-hybridized carbons (Fsp3) is 0.600. The predicted molar refractivity (Wildman–Crippen MR) is 97.0 cm³/mol. The summed E-state index contributed by atoms with van der Waals surface area (Å²) in [6, 6.07) is -0.960. The van der Waals surface area contributed by atoms with Gasteiger partial charge in [-0.05, 0) is 5.92 Å². The van der Waals surface area contributed by atoms with Gasteiger partial charge in [0.15, 0.2) is 11.5 Å². The highest BCUT2D eigenvalue weighted by Gasteiger charge is 2.37. The number of ether oxygens (including phenoxy) is 1. The third-order valence-corrected chi connectivity index (χ3v) is 6.32. The van der Waals surface area contributed by atoms with Crippen LogP contribution in [-0.4, -0.2) is 55.7 Å². The molecule has 0 saturated carbocycles. The molecule has 0 amide bonds. The Labute approximate surface area is 155 Å². The van der Waals surface area contributed by atoms with E-state index < -0.39 is 19.5 Å². The van der Waals surface area contributed by atoms with E-state index in [2.05, 4.69) is 20.0 Å². The second-order valence-corrected chi connectivity index (χ2v) is 8.67. The van der Waals surface area contributed by atoms with Crippen molar-refractivity contribution in [3.8, 4) is 0 Å². The summed E-state index contributed by atoms with van der Waals surface area (Å²) in [5.74, 6) is -0.970. The quantitative estimate of drug-likeness (QED) is 0.577. The Morgan fingerprint density at radius 1 is 1.52 bits per heavy atom. The predicted octanol–water partition coefficient (Wildman–Crippen LogP) is 1.06. The van der Waals surface area contributed by atoms with E-state index in [-0.39, 0.29) is 30.8 Å². The van der Waals surface area contributed by atoms with E-state index in [1.54, 1.807) is 17.8 Å². The Bertz CT molecular complexity index is 861. The third-order valence-electron chi connectivity index (χ3n) is 4.59. The molecular formula is C15H23N6O5P. The van der Waals surface area contributed by atoms with Gasteiger partial charge in [-0.2, -0.15) is 0 Å². The number of carbonyl (C=O) groups is 1. The van der Waals surface area contributed by atoms with Gasteiger partial charge in [0.1, 0.15) is 30.3 Å². The number of aromatic nitrogens is 4. The average Bonchev–Trinajstić information content (AvgIpc) is 3.05. The van der Waals surface area contributed by atoms with Gasteiger partial charge in [0.05, 0.1) is 19.5 Å². The lowest BCUT2D eigenvalue weighted by Crippen LogP contribution is -2.43. The number of rotatable bonds is 7. The number of fused-ring (bicyclic) bond motifs is 1. The maximum absolute atomic E-state index is 12.8. The molecule has 0 bridgehead atoms. The van der Waals surface area contributed by atoms with Gasteiger partial charge in [-0.3, -0.25) is 9.36 Å². The van der Waals surface area contributed by atoms with Crippen molar-refractivity contribution in [2.45, 2.75) is 39.0 Å². The van der Waals surface area contributed by atoms with Crippen molar-refractivity contribution in [3.05, 3.63) is 12.7 Å². The van der Waals surface area contributed by atoms with Crippen LogP contribution in [0.5, 0.6) is 0 Å². The molecule has 1 aliphatic heterocycles. The van der Waals surface area contributed by atoms with Crippen molar-refractivity contribution in [1.82, 2.24) is 24.6 Å². The molecule has 2 aromatic rings. The number of nitrogens with zero attached hydrogens (tertiary/aromatic N) is 4. The Kier molecular flexibility index (Phi) is 5.75. The molecule has 12 heteroatoms. The van der Waals surface area contributed by atoms with Crippen LogP contribution in [0.1, 0.15) is 20.3 Å². The standard InChI is InChI=1S/C15H23N6O5P/c1-3-9(2)11(15(22)23)20-27(24)8-25-10(5-26-27)4-21-7-19-12-13(16)17-6-18-14(12)21/h6-7,9-11H,3-5,8H2,1-2H3,(H,20,24)(H,22,23)(H2,16,17,18)/t9?,10-,11?,27?/m0/s1. The van der Waals surface area contributed by atoms with Crippen molar-refractivity contribution < 1.29 is 23.7 Å². The van der Waals surface area contributed by atoms with Crippen LogP contribution in [0.4, 0.5) is 5.82 Å². The first kappa shape index (κ1) is 19.7. The summed E-state index contributed by atoms with van der Waals surface area (Å²) in [4.78, 5) is 23.7. The highest BCUT2D eigenvalue weighted by molar-refractivity contribution is 7.56. The second kappa shape index (κ2) is 7.89.